The molecule has 0 saturated carbocycles. The molecule has 0 fully saturated rings. The van der Waals surface area contributed by atoms with Crippen LogP contribution in [0.3, 0.4) is 0 Å². The van der Waals surface area contributed by atoms with Gasteiger partial charge in [-0.3, -0.25) is 4.79 Å². The van der Waals surface area contributed by atoms with E-state index in [1.54, 1.807) is 12.1 Å². The Morgan fingerprint density at radius 1 is 1.29 bits per heavy atom. The number of carbonyl (C=O) groups is 1. The molecule has 2 heterocycles. The monoisotopic (exact) mass is 224 g/mol. The van der Waals surface area contributed by atoms with E-state index in [2.05, 4.69) is 0 Å². The van der Waals surface area contributed by atoms with Gasteiger partial charge in [0.15, 0.2) is 6.29 Å². The SMILES string of the molecule is O=Cc1ccc(C(O)c2cccs2)s1. The highest BCUT2D eigenvalue weighted by Gasteiger charge is 2.13. The quantitative estimate of drug-likeness (QED) is 0.814. The molecule has 0 aliphatic rings. The van der Waals surface area contributed by atoms with Crippen molar-refractivity contribution < 1.29 is 9.90 Å². The van der Waals surface area contributed by atoms with Crippen LogP contribution >= 0.6 is 22.7 Å². The van der Waals surface area contributed by atoms with Gasteiger partial charge in [0, 0.05) is 9.75 Å². The smallest absolute Gasteiger partial charge is 0.160 e. The largest absolute Gasteiger partial charge is 0.382 e. The Kier molecular flexibility index (Phi) is 2.77. The molecule has 0 spiro atoms. The minimum atomic E-state index is -0.589. The Bertz CT molecular complexity index is 417. The molecule has 0 radical (unpaired) electrons. The highest BCUT2D eigenvalue weighted by molar-refractivity contribution is 7.14. The van der Waals surface area contributed by atoms with Crippen molar-refractivity contribution in [2.45, 2.75) is 6.10 Å². The van der Waals surface area contributed by atoms with Crippen molar-refractivity contribution in [2.75, 3.05) is 0 Å². The second-order valence-electron chi connectivity index (χ2n) is 2.78. The maximum absolute atomic E-state index is 10.5. The molecule has 1 atom stereocenters. The van der Waals surface area contributed by atoms with Gasteiger partial charge in [0.05, 0.1) is 4.88 Å². The predicted molar refractivity (Wildman–Crippen MR) is 58.1 cm³/mol. The van der Waals surface area contributed by atoms with Crippen molar-refractivity contribution in [1.29, 1.82) is 0 Å². The zero-order chi connectivity index (χ0) is 9.97. The summed E-state index contributed by atoms with van der Waals surface area (Å²) in [5.74, 6) is 0. The van der Waals surface area contributed by atoms with Gasteiger partial charge >= 0.3 is 0 Å². The van der Waals surface area contributed by atoms with Gasteiger partial charge in [0.25, 0.3) is 0 Å². The first-order chi connectivity index (χ1) is 6.81. The molecule has 0 bridgehead atoms. The maximum Gasteiger partial charge on any atom is 0.160 e. The summed E-state index contributed by atoms with van der Waals surface area (Å²) in [6.45, 7) is 0. The lowest BCUT2D eigenvalue weighted by molar-refractivity contribution is 0.112. The first kappa shape index (κ1) is 9.58. The van der Waals surface area contributed by atoms with E-state index in [-0.39, 0.29) is 0 Å². The van der Waals surface area contributed by atoms with Crippen LogP contribution < -0.4 is 0 Å². The summed E-state index contributed by atoms with van der Waals surface area (Å²) in [4.78, 5) is 12.8. The number of thiophene rings is 2. The first-order valence-electron chi connectivity index (χ1n) is 4.07. The minimum Gasteiger partial charge on any atom is -0.382 e. The maximum atomic E-state index is 10.5. The van der Waals surface area contributed by atoms with Crippen molar-refractivity contribution in [2.24, 2.45) is 0 Å². The fraction of sp³-hybridized carbons (Fsp3) is 0.100. The fourth-order valence-corrected chi connectivity index (χ4v) is 2.80. The third-order valence-electron chi connectivity index (χ3n) is 1.85. The summed E-state index contributed by atoms with van der Waals surface area (Å²) in [5, 5.41) is 11.8. The van der Waals surface area contributed by atoms with E-state index in [0.717, 1.165) is 16.0 Å². The van der Waals surface area contributed by atoms with E-state index >= 15 is 0 Å². The highest BCUT2D eigenvalue weighted by Crippen LogP contribution is 2.30. The molecule has 0 aromatic carbocycles. The van der Waals surface area contributed by atoms with Gasteiger partial charge in [0.1, 0.15) is 6.10 Å². The molecule has 1 N–H and O–H groups in total. The summed E-state index contributed by atoms with van der Waals surface area (Å²) in [6, 6.07) is 7.30. The second-order valence-corrected chi connectivity index (χ2v) is 4.90. The van der Waals surface area contributed by atoms with Gasteiger partial charge in [-0.15, -0.1) is 22.7 Å². The lowest BCUT2D eigenvalue weighted by atomic mass is 10.2. The minimum absolute atomic E-state index is 0.589. The van der Waals surface area contributed by atoms with E-state index in [4.69, 9.17) is 0 Å². The van der Waals surface area contributed by atoms with Crippen LogP contribution in [0.1, 0.15) is 25.5 Å². The van der Waals surface area contributed by atoms with Crippen molar-refractivity contribution >= 4 is 29.0 Å². The van der Waals surface area contributed by atoms with Crippen LogP contribution in [0, 0.1) is 0 Å². The third-order valence-corrected chi connectivity index (χ3v) is 3.83. The summed E-state index contributed by atoms with van der Waals surface area (Å²) in [6.07, 6.45) is 0.212. The summed E-state index contributed by atoms with van der Waals surface area (Å²) in [7, 11) is 0. The Hall–Kier alpha value is -0.970. The molecule has 0 aliphatic carbocycles. The van der Waals surface area contributed by atoms with E-state index < -0.39 is 6.10 Å². The van der Waals surface area contributed by atoms with Crippen molar-refractivity contribution in [3.63, 3.8) is 0 Å². The zero-order valence-electron chi connectivity index (χ0n) is 7.21. The fourth-order valence-electron chi connectivity index (χ4n) is 1.17. The van der Waals surface area contributed by atoms with Gasteiger partial charge in [-0.2, -0.15) is 0 Å². The molecule has 1 unspecified atom stereocenters. The lowest BCUT2D eigenvalue weighted by Gasteiger charge is -2.04. The Morgan fingerprint density at radius 3 is 2.71 bits per heavy atom. The lowest BCUT2D eigenvalue weighted by Crippen LogP contribution is -1.92. The summed E-state index contributed by atoms with van der Waals surface area (Å²) < 4.78 is 0. The van der Waals surface area contributed by atoms with Crippen molar-refractivity contribution in [3.05, 3.63) is 44.3 Å². The summed E-state index contributed by atoms with van der Waals surface area (Å²) >= 11 is 2.84. The highest BCUT2D eigenvalue weighted by atomic mass is 32.1. The number of hydrogen-bond donors (Lipinski definition) is 1. The number of carbonyl (C=O) groups excluding carboxylic acids is 1. The molecule has 0 saturated heterocycles. The third kappa shape index (κ3) is 1.77. The van der Waals surface area contributed by atoms with Crippen LogP contribution in [0.5, 0.6) is 0 Å². The molecular weight excluding hydrogens is 216 g/mol. The zero-order valence-corrected chi connectivity index (χ0v) is 8.85. The topological polar surface area (TPSA) is 37.3 Å². The van der Waals surface area contributed by atoms with Gasteiger partial charge in [-0.1, -0.05) is 6.07 Å². The molecule has 72 valence electrons. The van der Waals surface area contributed by atoms with Crippen LogP contribution in [-0.4, -0.2) is 11.4 Å². The van der Waals surface area contributed by atoms with E-state index in [0.29, 0.717) is 4.88 Å². The van der Waals surface area contributed by atoms with Gasteiger partial charge in [0.2, 0.25) is 0 Å². The molecule has 2 aromatic heterocycles. The Balaban J connectivity index is 2.27. The van der Waals surface area contributed by atoms with E-state index in [1.165, 1.54) is 22.7 Å². The van der Waals surface area contributed by atoms with E-state index in [1.807, 2.05) is 17.5 Å². The summed E-state index contributed by atoms with van der Waals surface area (Å²) in [5.41, 5.74) is 0. The average molecular weight is 224 g/mol. The van der Waals surface area contributed by atoms with Crippen LogP contribution in [0.2, 0.25) is 0 Å². The van der Waals surface area contributed by atoms with Crippen molar-refractivity contribution in [3.8, 4) is 0 Å². The molecule has 4 heteroatoms. The average Bonchev–Trinajstić information content (AvgIpc) is 2.88. The molecule has 0 aliphatic heterocycles. The predicted octanol–water partition coefficient (Wildman–Crippen LogP) is 2.70. The molecular formula is C10H8O2S2. The molecule has 14 heavy (non-hydrogen) atoms. The Morgan fingerprint density at radius 2 is 2.14 bits per heavy atom. The standard InChI is InChI=1S/C10H8O2S2/c11-6-7-3-4-9(14-7)10(12)8-2-1-5-13-8/h1-6,10,12H. The van der Waals surface area contributed by atoms with Gasteiger partial charge in [-0.05, 0) is 23.6 Å². The van der Waals surface area contributed by atoms with Gasteiger partial charge in [-0.25, -0.2) is 0 Å². The number of aliphatic hydroxyl groups excluding tert-OH is 1. The van der Waals surface area contributed by atoms with Crippen LogP contribution in [0.4, 0.5) is 0 Å². The Labute approximate surface area is 89.5 Å². The normalized spacial score (nSPS) is 12.6. The van der Waals surface area contributed by atoms with Crippen molar-refractivity contribution in [1.82, 2.24) is 0 Å². The van der Waals surface area contributed by atoms with Gasteiger partial charge < -0.3 is 5.11 Å². The van der Waals surface area contributed by atoms with E-state index in [9.17, 15) is 9.90 Å². The second kappa shape index (κ2) is 4.04. The molecule has 2 rings (SSSR count). The number of aliphatic hydroxyl groups is 1. The van der Waals surface area contributed by atoms with Crippen LogP contribution in [0.15, 0.2) is 29.6 Å². The molecule has 2 nitrogen and oxygen atoms in total. The molecule has 2 aromatic rings. The van der Waals surface area contributed by atoms with Crippen LogP contribution in [0.25, 0.3) is 0 Å². The number of hydrogen-bond acceptors (Lipinski definition) is 4. The van der Waals surface area contributed by atoms with Crippen LogP contribution in [-0.2, 0) is 0 Å². The first-order valence-corrected chi connectivity index (χ1v) is 5.77. The molecule has 0 amide bonds. The number of aldehydes is 1. The number of rotatable bonds is 3.